The second kappa shape index (κ2) is 5.51. The molecule has 0 bridgehead atoms. The SMILES string of the molecule is COc1ccc(C(=O)N(CC2CC2)C(C)C)cc1O. The Balaban J connectivity index is 2.18. The van der Waals surface area contributed by atoms with E-state index in [-0.39, 0.29) is 17.7 Å². The van der Waals surface area contributed by atoms with Crippen LogP contribution in [0.3, 0.4) is 0 Å². The summed E-state index contributed by atoms with van der Waals surface area (Å²) in [5, 5.41) is 9.76. The normalized spacial score (nSPS) is 14.5. The van der Waals surface area contributed by atoms with Gasteiger partial charge in [0.2, 0.25) is 0 Å². The first-order chi connectivity index (χ1) is 9.02. The molecule has 0 radical (unpaired) electrons. The molecule has 0 aromatic heterocycles. The molecule has 0 heterocycles. The number of phenolic OH excluding ortho intramolecular Hbond substituents is 1. The molecule has 0 aliphatic heterocycles. The number of methoxy groups -OCH3 is 1. The standard InChI is InChI=1S/C15H21NO3/c1-10(2)16(9-11-4-5-11)15(18)12-6-7-14(19-3)13(17)8-12/h6-8,10-11,17H,4-5,9H2,1-3H3. The molecule has 1 amide bonds. The van der Waals surface area contributed by atoms with E-state index >= 15 is 0 Å². The molecule has 0 atom stereocenters. The highest BCUT2D eigenvalue weighted by Crippen LogP contribution is 2.32. The molecule has 1 aromatic rings. The van der Waals surface area contributed by atoms with Crippen molar-refractivity contribution in [1.29, 1.82) is 0 Å². The minimum Gasteiger partial charge on any atom is -0.504 e. The third-order valence-corrected chi connectivity index (χ3v) is 3.46. The zero-order chi connectivity index (χ0) is 14.0. The van der Waals surface area contributed by atoms with Crippen LogP contribution in [0.2, 0.25) is 0 Å². The van der Waals surface area contributed by atoms with Crippen LogP contribution in [0.25, 0.3) is 0 Å². The number of aromatic hydroxyl groups is 1. The van der Waals surface area contributed by atoms with E-state index in [4.69, 9.17) is 4.74 Å². The highest BCUT2D eigenvalue weighted by Gasteiger charge is 2.28. The summed E-state index contributed by atoms with van der Waals surface area (Å²) in [4.78, 5) is 14.3. The molecule has 19 heavy (non-hydrogen) atoms. The lowest BCUT2D eigenvalue weighted by Crippen LogP contribution is -2.38. The van der Waals surface area contributed by atoms with Crippen LogP contribution in [-0.4, -0.2) is 35.6 Å². The van der Waals surface area contributed by atoms with Gasteiger partial charge in [0.05, 0.1) is 7.11 Å². The van der Waals surface area contributed by atoms with Crippen LogP contribution in [0.1, 0.15) is 37.0 Å². The van der Waals surface area contributed by atoms with Crippen LogP contribution < -0.4 is 4.74 Å². The summed E-state index contributed by atoms with van der Waals surface area (Å²) in [7, 11) is 1.49. The minimum atomic E-state index is -0.0279. The highest BCUT2D eigenvalue weighted by molar-refractivity contribution is 5.95. The van der Waals surface area contributed by atoms with E-state index in [2.05, 4.69) is 0 Å². The van der Waals surface area contributed by atoms with Gasteiger partial charge in [-0.05, 0) is 50.8 Å². The summed E-state index contributed by atoms with van der Waals surface area (Å²) in [5.74, 6) is 1.01. The van der Waals surface area contributed by atoms with E-state index in [1.807, 2.05) is 18.7 Å². The topological polar surface area (TPSA) is 49.8 Å². The Morgan fingerprint density at radius 1 is 1.47 bits per heavy atom. The number of phenols is 1. The Bertz CT molecular complexity index is 466. The first-order valence-electron chi connectivity index (χ1n) is 6.71. The van der Waals surface area contributed by atoms with Gasteiger partial charge in [0, 0.05) is 18.2 Å². The highest BCUT2D eigenvalue weighted by atomic mass is 16.5. The van der Waals surface area contributed by atoms with Gasteiger partial charge in [-0.25, -0.2) is 0 Å². The van der Waals surface area contributed by atoms with E-state index in [0.29, 0.717) is 17.2 Å². The number of hydrogen-bond acceptors (Lipinski definition) is 3. The molecule has 0 unspecified atom stereocenters. The van der Waals surface area contributed by atoms with E-state index in [9.17, 15) is 9.90 Å². The molecule has 2 rings (SSSR count). The number of benzene rings is 1. The molecule has 1 aliphatic carbocycles. The number of carbonyl (C=O) groups excluding carboxylic acids is 1. The van der Waals surface area contributed by atoms with E-state index in [0.717, 1.165) is 6.54 Å². The molecule has 1 aromatic carbocycles. The summed E-state index contributed by atoms with van der Waals surface area (Å²) in [6, 6.07) is 4.96. The summed E-state index contributed by atoms with van der Waals surface area (Å²) >= 11 is 0. The van der Waals surface area contributed by atoms with Gasteiger partial charge >= 0.3 is 0 Å². The third kappa shape index (κ3) is 3.19. The Kier molecular flexibility index (Phi) is 3.98. The lowest BCUT2D eigenvalue weighted by Gasteiger charge is -2.27. The van der Waals surface area contributed by atoms with Crippen molar-refractivity contribution < 1.29 is 14.6 Å². The molecular formula is C15H21NO3. The van der Waals surface area contributed by atoms with Crippen LogP contribution in [0.4, 0.5) is 0 Å². The van der Waals surface area contributed by atoms with E-state index < -0.39 is 0 Å². The maximum atomic E-state index is 12.5. The molecule has 0 spiro atoms. The lowest BCUT2D eigenvalue weighted by molar-refractivity contribution is 0.0695. The molecule has 4 heteroatoms. The van der Waals surface area contributed by atoms with Gasteiger partial charge in [-0.15, -0.1) is 0 Å². The monoisotopic (exact) mass is 263 g/mol. The molecule has 1 saturated carbocycles. The maximum Gasteiger partial charge on any atom is 0.254 e. The number of hydrogen-bond donors (Lipinski definition) is 1. The molecule has 4 nitrogen and oxygen atoms in total. The zero-order valence-electron chi connectivity index (χ0n) is 11.7. The fourth-order valence-corrected chi connectivity index (χ4v) is 2.10. The first-order valence-corrected chi connectivity index (χ1v) is 6.71. The van der Waals surface area contributed by atoms with Crippen LogP contribution in [0.5, 0.6) is 11.5 Å². The van der Waals surface area contributed by atoms with Gasteiger partial charge < -0.3 is 14.7 Å². The van der Waals surface area contributed by atoms with Gasteiger partial charge in [0.1, 0.15) is 0 Å². The van der Waals surface area contributed by atoms with Crippen LogP contribution in [0.15, 0.2) is 18.2 Å². The summed E-state index contributed by atoms with van der Waals surface area (Å²) in [6.45, 7) is 4.84. The number of carbonyl (C=O) groups is 1. The largest absolute Gasteiger partial charge is 0.504 e. The van der Waals surface area contributed by atoms with Crippen molar-refractivity contribution in [2.75, 3.05) is 13.7 Å². The second-order valence-corrected chi connectivity index (χ2v) is 5.38. The quantitative estimate of drug-likeness (QED) is 0.888. The number of nitrogens with zero attached hydrogens (tertiary/aromatic N) is 1. The van der Waals surface area contributed by atoms with Crippen molar-refractivity contribution in [2.45, 2.75) is 32.7 Å². The maximum absolute atomic E-state index is 12.5. The summed E-state index contributed by atoms with van der Waals surface area (Å²) in [5.41, 5.74) is 0.507. The minimum absolute atomic E-state index is 0.00322. The Morgan fingerprint density at radius 3 is 2.63 bits per heavy atom. The van der Waals surface area contributed by atoms with Crippen molar-refractivity contribution in [3.63, 3.8) is 0 Å². The smallest absolute Gasteiger partial charge is 0.254 e. The van der Waals surface area contributed by atoms with Crippen LogP contribution in [-0.2, 0) is 0 Å². The fourth-order valence-electron chi connectivity index (χ4n) is 2.10. The Morgan fingerprint density at radius 2 is 2.16 bits per heavy atom. The molecule has 104 valence electrons. The molecule has 1 N–H and O–H groups in total. The Labute approximate surface area is 114 Å². The summed E-state index contributed by atoms with van der Waals surface area (Å²) in [6.07, 6.45) is 2.43. The van der Waals surface area contributed by atoms with Gasteiger partial charge in [0.15, 0.2) is 11.5 Å². The molecular weight excluding hydrogens is 242 g/mol. The number of amides is 1. The fraction of sp³-hybridized carbons (Fsp3) is 0.533. The third-order valence-electron chi connectivity index (χ3n) is 3.46. The van der Waals surface area contributed by atoms with Crippen molar-refractivity contribution in [1.82, 2.24) is 4.90 Å². The predicted octanol–water partition coefficient (Wildman–Crippen LogP) is 2.66. The van der Waals surface area contributed by atoms with Crippen LogP contribution in [0, 0.1) is 5.92 Å². The molecule has 0 saturated heterocycles. The molecule has 1 aliphatic rings. The van der Waals surface area contributed by atoms with Crippen molar-refractivity contribution in [3.8, 4) is 11.5 Å². The molecule has 1 fully saturated rings. The van der Waals surface area contributed by atoms with Gasteiger partial charge in [-0.3, -0.25) is 4.79 Å². The zero-order valence-corrected chi connectivity index (χ0v) is 11.7. The van der Waals surface area contributed by atoms with Crippen molar-refractivity contribution in [2.24, 2.45) is 5.92 Å². The average Bonchev–Trinajstić information content (AvgIpc) is 3.18. The summed E-state index contributed by atoms with van der Waals surface area (Å²) < 4.78 is 4.99. The number of ether oxygens (including phenoxy) is 1. The average molecular weight is 263 g/mol. The van der Waals surface area contributed by atoms with Crippen molar-refractivity contribution >= 4 is 5.91 Å². The van der Waals surface area contributed by atoms with Crippen LogP contribution >= 0.6 is 0 Å². The second-order valence-electron chi connectivity index (χ2n) is 5.38. The van der Waals surface area contributed by atoms with Gasteiger partial charge in [0.25, 0.3) is 5.91 Å². The van der Waals surface area contributed by atoms with Gasteiger partial charge in [-0.1, -0.05) is 0 Å². The van der Waals surface area contributed by atoms with E-state index in [1.54, 1.807) is 12.1 Å². The first kappa shape index (κ1) is 13.7. The predicted molar refractivity (Wildman–Crippen MR) is 73.6 cm³/mol. The Hall–Kier alpha value is -1.71. The van der Waals surface area contributed by atoms with Gasteiger partial charge in [-0.2, -0.15) is 0 Å². The lowest BCUT2D eigenvalue weighted by atomic mass is 10.1. The number of rotatable bonds is 5. The van der Waals surface area contributed by atoms with Crippen molar-refractivity contribution in [3.05, 3.63) is 23.8 Å². The van der Waals surface area contributed by atoms with E-state index in [1.165, 1.54) is 26.0 Å².